The standard InChI is InChI=1S/C16H18O6.C16H26O4.C15H20O4.C9H16O2/c1-3-14(17)21-11-5-4-6-15(18)22-13-9-7-12(8-10-13)16(19)20-2;1-3-15(17)20-12-6-4-5-7-13-8-10-14(11-9-13)16(18)19-2;1-3-4-5-6-7-14(16)19-13-10-8-12(9-11-13)15(17)18-2;1-7-3-5-8(6-4-7)9(10)11-2/h3,7-10H,1,4-6,11H2,2H3;3,13-14H,1,4-12H2,2H3;8-11H,3-7H2,1-2H3;7-8H,3-6H2,1-2H3. The zero-order chi connectivity index (χ0) is 53.5. The van der Waals surface area contributed by atoms with Crippen molar-refractivity contribution in [3.05, 3.63) is 85.0 Å². The van der Waals surface area contributed by atoms with Gasteiger partial charge in [-0.1, -0.05) is 65.5 Å². The van der Waals surface area contributed by atoms with Gasteiger partial charge in [0.2, 0.25) is 0 Å². The van der Waals surface area contributed by atoms with Gasteiger partial charge in [-0.05, 0) is 137 Å². The molecule has 2 aromatic carbocycles. The molecule has 0 spiro atoms. The molecule has 0 aromatic heterocycles. The monoisotopic (exact) mass is 1010 g/mol. The van der Waals surface area contributed by atoms with Crippen molar-refractivity contribution in [3.63, 3.8) is 0 Å². The molecule has 0 aliphatic heterocycles. The van der Waals surface area contributed by atoms with E-state index in [9.17, 15) is 38.4 Å². The van der Waals surface area contributed by atoms with Crippen molar-refractivity contribution < 1.29 is 76.3 Å². The number of ether oxygens (including phenoxy) is 8. The van der Waals surface area contributed by atoms with Crippen LogP contribution in [0.5, 0.6) is 11.5 Å². The fourth-order valence-corrected chi connectivity index (χ4v) is 7.68. The predicted molar refractivity (Wildman–Crippen MR) is 271 cm³/mol. The molecule has 2 saturated carbocycles. The third-order valence-corrected chi connectivity index (χ3v) is 12.0. The van der Waals surface area contributed by atoms with E-state index in [0.717, 1.165) is 95.0 Å². The maximum atomic E-state index is 11.6. The number of hydrogen-bond donors (Lipinski definition) is 0. The lowest BCUT2D eigenvalue weighted by Crippen LogP contribution is -2.22. The number of carbonyl (C=O) groups is 8. The first-order valence-electron chi connectivity index (χ1n) is 25.2. The summed E-state index contributed by atoms with van der Waals surface area (Å²) in [7, 11) is 5.56. The maximum absolute atomic E-state index is 11.6. The lowest BCUT2D eigenvalue weighted by atomic mass is 9.80. The highest BCUT2D eigenvalue weighted by Crippen LogP contribution is 2.33. The van der Waals surface area contributed by atoms with Crippen LogP contribution >= 0.6 is 0 Å². The number of rotatable bonds is 24. The zero-order valence-electron chi connectivity index (χ0n) is 43.6. The molecule has 0 atom stereocenters. The van der Waals surface area contributed by atoms with Crippen LogP contribution < -0.4 is 9.47 Å². The average Bonchev–Trinajstić information content (AvgIpc) is 3.40. The van der Waals surface area contributed by atoms with E-state index in [1.807, 2.05) is 0 Å². The molecule has 0 unspecified atom stereocenters. The molecule has 400 valence electrons. The Morgan fingerprint density at radius 2 is 0.889 bits per heavy atom. The minimum absolute atomic E-state index is 0.0168. The Kier molecular flexibility index (Phi) is 34.8. The summed E-state index contributed by atoms with van der Waals surface area (Å²) in [6.07, 6.45) is 21.2. The van der Waals surface area contributed by atoms with Gasteiger partial charge in [0.25, 0.3) is 0 Å². The summed E-state index contributed by atoms with van der Waals surface area (Å²) in [5, 5.41) is 0. The molecule has 0 radical (unpaired) electrons. The molecule has 0 amide bonds. The topological polar surface area (TPSA) is 210 Å². The molecule has 4 rings (SSSR count). The van der Waals surface area contributed by atoms with E-state index >= 15 is 0 Å². The van der Waals surface area contributed by atoms with Crippen molar-refractivity contribution in [2.45, 2.75) is 142 Å². The summed E-state index contributed by atoms with van der Waals surface area (Å²) >= 11 is 0. The van der Waals surface area contributed by atoms with Crippen LogP contribution in [-0.2, 0) is 57.2 Å². The lowest BCUT2D eigenvalue weighted by molar-refractivity contribution is -0.147. The van der Waals surface area contributed by atoms with Gasteiger partial charge in [-0.3, -0.25) is 19.2 Å². The third-order valence-electron chi connectivity index (χ3n) is 12.0. The Labute approximate surface area is 426 Å². The van der Waals surface area contributed by atoms with E-state index in [1.165, 1.54) is 84.5 Å². The highest BCUT2D eigenvalue weighted by Gasteiger charge is 2.27. The second kappa shape index (κ2) is 39.3. The Morgan fingerprint density at radius 3 is 1.28 bits per heavy atom. The Bertz CT molecular complexity index is 1920. The molecule has 2 fully saturated rings. The molecule has 16 heteroatoms. The molecular formula is C56H80O16. The first-order valence-corrected chi connectivity index (χ1v) is 25.2. The van der Waals surface area contributed by atoms with E-state index in [2.05, 4.69) is 41.2 Å². The Balaban J connectivity index is 0.000000491. The van der Waals surface area contributed by atoms with Gasteiger partial charge >= 0.3 is 47.8 Å². The molecule has 16 nitrogen and oxygen atoms in total. The smallest absolute Gasteiger partial charge is 0.337 e. The minimum atomic E-state index is -0.478. The van der Waals surface area contributed by atoms with Gasteiger partial charge in [0.05, 0.1) is 64.6 Å². The number of carbonyl (C=O) groups excluding carboxylic acids is 8. The van der Waals surface area contributed by atoms with Crippen molar-refractivity contribution in [3.8, 4) is 11.5 Å². The van der Waals surface area contributed by atoms with Crippen LogP contribution in [0.25, 0.3) is 0 Å². The quantitative estimate of drug-likeness (QED) is 0.0315. The van der Waals surface area contributed by atoms with Gasteiger partial charge in [0.1, 0.15) is 11.5 Å². The van der Waals surface area contributed by atoms with Gasteiger partial charge in [-0.25, -0.2) is 19.2 Å². The maximum Gasteiger partial charge on any atom is 0.337 e. The van der Waals surface area contributed by atoms with Crippen LogP contribution in [0.4, 0.5) is 0 Å². The summed E-state index contributed by atoms with van der Waals surface area (Å²) < 4.78 is 38.6. The number of benzene rings is 2. The Morgan fingerprint density at radius 1 is 0.500 bits per heavy atom. The molecule has 0 bridgehead atoms. The van der Waals surface area contributed by atoms with Crippen molar-refractivity contribution in [1.29, 1.82) is 0 Å². The van der Waals surface area contributed by atoms with Crippen molar-refractivity contribution in [1.82, 2.24) is 0 Å². The molecule has 2 aliphatic carbocycles. The Hall–Kier alpha value is -6.32. The van der Waals surface area contributed by atoms with Crippen molar-refractivity contribution in [2.24, 2.45) is 23.7 Å². The van der Waals surface area contributed by atoms with Crippen LogP contribution in [0, 0.1) is 23.7 Å². The first-order chi connectivity index (χ1) is 34.6. The van der Waals surface area contributed by atoms with E-state index in [1.54, 1.807) is 24.3 Å². The summed E-state index contributed by atoms with van der Waals surface area (Å²) in [6, 6.07) is 12.4. The van der Waals surface area contributed by atoms with Crippen molar-refractivity contribution in [2.75, 3.05) is 41.7 Å². The zero-order valence-corrected chi connectivity index (χ0v) is 43.6. The highest BCUT2D eigenvalue weighted by atomic mass is 16.6. The summed E-state index contributed by atoms with van der Waals surface area (Å²) in [4.78, 5) is 89.7. The molecule has 2 aliphatic rings. The van der Waals surface area contributed by atoms with E-state index < -0.39 is 17.9 Å². The van der Waals surface area contributed by atoms with E-state index in [-0.39, 0.29) is 54.7 Å². The fraction of sp³-hybridized carbons (Fsp3) is 0.571. The van der Waals surface area contributed by atoms with Crippen molar-refractivity contribution >= 4 is 47.8 Å². The number of unbranched alkanes of at least 4 members (excludes halogenated alkanes) is 6. The van der Waals surface area contributed by atoms with Gasteiger partial charge in [0.15, 0.2) is 0 Å². The molecular weight excluding hydrogens is 929 g/mol. The second-order valence-corrected chi connectivity index (χ2v) is 17.6. The number of hydrogen-bond acceptors (Lipinski definition) is 16. The minimum Gasteiger partial charge on any atom is -0.469 e. The fourth-order valence-electron chi connectivity index (χ4n) is 7.68. The van der Waals surface area contributed by atoms with Gasteiger partial charge < -0.3 is 37.9 Å². The first kappa shape index (κ1) is 63.7. The van der Waals surface area contributed by atoms with Crippen LogP contribution in [0.1, 0.15) is 163 Å². The van der Waals surface area contributed by atoms with Gasteiger partial charge in [-0.15, -0.1) is 0 Å². The lowest BCUT2D eigenvalue weighted by Gasteiger charge is -2.26. The van der Waals surface area contributed by atoms with E-state index in [0.29, 0.717) is 48.5 Å². The van der Waals surface area contributed by atoms with Gasteiger partial charge in [-0.2, -0.15) is 0 Å². The van der Waals surface area contributed by atoms with Crippen LogP contribution in [0.3, 0.4) is 0 Å². The molecule has 0 saturated heterocycles. The predicted octanol–water partition coefficient (Wildman–Crippen LogP) is 10.9. The number of methoxy groups -OCH3 is 4. The highest BCUT2D eigenvalue weighted by molar-refractivity contribution is 5.90. The largest absolute Gasteiger partial charge is 0.469 e. The molecule has 2 aromatic rings. The second-order valence-electron chi connectivity index (χ2n) is 17.6. The third kappa shape index (κ3) is 29.1. The normalized spacial score (nSPS) is 16.5. The molecule has 72 heavy (non-hydrogen) atoms. The number of esters is 8. The van der Waals surface area contributed by atoms with Crippen LogP contribution in [0.15, 0.2) is 73.8 Å². The average molecular weight is 1010 g/mol. The molecule has 0 heterocycles. The van der Waals surface area contributed by atoms with Crippen LogP contribution in [0.2, 0.25) is 0 Å². The summed E-state index contributed by atoms with van der Waals surface area (Å²) in [5.74, 6) is 0.299. The van der Waals surface area contributed by atoms with Gasteiger partial charge in [0, 0.05) is 25.0 Å². The van der Waals surface area contributed by atoms with E-state index in [4.69, 9.17) is 23.7 Å². The summed E-state index contributed by atoms with van der Waals surface area (Å²) in [5.41, 5.74) is 0.816. The van der Waals surface area contributed by atoms with Crippen LogP contribution in [-0.4, -0.2) is 89.4 Å². The SMILES string of the molecule is C=CC(=O)OCCCCC(=O)Oc1ccc(C(=O)OC)cc1.C=CC(=O)OCCCCCC1CCC(C(=O)OC)CC1.CCCCCCC(=O)Oc1ccc(C(=O)OC)cc1.COC(=O)C1CCC(C)CC1. The molecule has 0 N–H and O–H groups in total. The summed E-state index contributed by atoms with van der Waals surface area (Å²) in [6.45, 7) is 11.7.